The molecule has 0 unspecified atom stereocenters. The van der Waals surface area contributed by atoms with Crippen LogP contribution in [-0.4, -0.2) is 43.1 Å². The zero-order valence-corrected chi connectivity index (χ0v) is 16.2. The molecular formula is C21H29NO4. The predicted molar refractivity (Wildman–Crippen MR) is 102 cm³/mol. The van der Waals surface area contributed by atoms with Gasteiger partial charge in [0, 0.05) is 37.4 Å². The van der Waals surface area contributed by atoms with Crippen LogP contribution in [0.4, 0.5) is 0 Å². The number of likely N-dealkylation sites (tertiary alicyclic amines) is 1. The van der Waals surface area contributed by atoms with Crippen LogP contribution in [0.1, 0.15) is 45.6 Å². The van der Waals surface area contributed by atoms with E-state index < -0.39 is 0 Å². The number of esters is 1. The highest BCUT2D eigenvalue weighted by molar-refractivity contribution is 5.87. The average molecular weight is 359 g/mol. The second kappa shape index (κ2) is 8.88. The zero-order chi connectivity index (χ0) is 19.2. The van der Waals surface area contributed by atoms with E-state index in [9.17, 15) is 9.59 Å². The molecule has 0 aliphatic carbocycles. The molecule has 0 N–H and O–H groups in total. The Balaban J connectivity index is 1.80. The van der Waals surface area contributed by atoms with Crippen LogP contribution in [0, 0.1) is 5.41 Å². The van der Waals surface area contributed by atoms with Crippen molar-refractivity contribution in [2.45, 2.75) is 46.1 Å². The molecule has 1 aliphatic heterocycles. The fraction of sp³-hybridized carbons (Fsp3) is 0.524. The first-order chi connectivity index (χ1) is 12.4. The lowest BCUT2D eigenvalue weighted by atomic mass is 9.87. The Kier molecular flexibility index (Phi) is 6.83. The van der Waals surface area contributed by atoms with Gasteiger partial charge in [-0.2, -0.15) is 0 Å². The summed E-state index contributed by atoms with van der Waals surface area (Å²) in [5.41, 5.74) is 0.579. The molecule has 1 amide bonds. The lowest BCUT2D eigenvalue weighted by Crippen LogP contribution is -2.46. The Hall–Kier alpha value is -2.30. The van der Waals surface area contributed by atoms with Crippen molar-refractivity contribution in [3.63, 3.8) is 0 Å². The largest absolute Gasteiger partial charge is 0.497 e. The minimum absolute atomic E-state index is 0.128. The van der Waals surface area contributed by atoms with Crippen molar-refractivity contribution in [3.8, 4) is 5.75 Å². The van der Waals surface area contributed by atoms with Crippen molar-refractivity contribution in [1.82, 2.24) is 4.90 Å². The van der Waals surface area contributed by atoms with Crippen LogP contribution in [0.3, 0.4) is 0 Å². The van der Waals surface area contributed by atoms with Crippen LogP contribution < -0.4 is 4.74 Å². The number of rotatable bonds is 6. The highest BCUT2D eigenvalue weighted by atomic mass is 16.5. The summed E-state index contributed by atoms with van der Waals surface area (Å²) in [5, 5.41) is 0. The summed E-state index contributed by atoms with van der Waals surface area (Å²) in [5.74, 6) is 0.612. The van der Waals surface area contributed by atoms with E-state index in [4.69, 9.17) is 9.47 Å². The average Bonchev–Trinajstić information content (AvgIpc) is 2.66. The second-order valence-corrected chi connectivity index (χ2v) is 7.27. The SMILES string of the molecule is CCC(C)(C)C(=O)N1CCC(OC(=O)/C=C/c2ccc(OC)cc2)CC1. The van der Waals surface area contributed by atoms with E-state index in [-0.39, 0.29) is 23.4 Å². The van der Waals surface area contributed by atoms with E-state index in [2.05, 4.69) is 0 Å². The fourth-order valence-corrected chi connectivity index (χ4v) is 2.84. The van der Waals surface area contributed by atoms with Crippen molar-refractivity contribution < 1.29 is 19.1 Å². The molecule has 1 aliphatic rings. The Morgan fingerprint density at radius 1 is 1.19 bits per heavy atom. The topological polar surface area (TPSA) is 55.8 Å². The van der Waals surface area contributed by atoms with E-state index in [0.717, 1.165) is 17.7 Å². The van der Waals surface area contributed by atoms with Gasteiger partial charge in [0.25, 0.3) is 0 Å². The maximum absolute atomic E-state index is 12.5. The summed E-state index contributed by atoms with van der Waals surface area (Å²) in [6, 6.07) is 7.44. The standard InChI is InChI=1S/C21H29NO4/c1-5-21(2,3)20(24)22-14-12-18(13-15-22)26-19(23)11-8-16-6-9-17(25-4)10-7-16/h6-11,18H,5,12-15H2,1-4H3/b11-8+. The first-order valence-corrected chi connectivity index (χ1v) is 9.18. The molecule has 0 radical (unpaired) electrons. The van der Waals surface area contributed by atoms with E-state index in [0.29, 0.717) is 25.9 Å². The lowest BCUT2D eigenvalue weighted by Gasteiger charge is -2.36. The summed E-state index contributed by atoms with van der Waals surface area (Å²) in [6.07, 6.45) is 5.24. The summed E-state index contributed by atoms with van der Waals surface area (Å²) in [6.45, 7) is 7.27. The molecule has 0 spiro atoms. The normalized spacial score (nSPS) is 15.9. The number of amides is 1. The molecule has 1 fully saturated rings. The monoisotopic (exact) mass is 359 g/mol. The number of ether oxygens (including phenoxy) is 2. The fourth-order valence-electron chi connectivity index (χ4n) is 2.84. The first-order valence-electron chi connectivity index (χ1n) is 9.18. The van der Waals surface area contributed by atoms with Gasteiger partial charge in [-0.05, 0) is 30.2 Å². The van der Waals surface area contributed by atoms with Gasteiger partial charge in [-0.15, -0.1) is 0 Å². The molecule has 0 saturated carbocycles. The maximum atomic E-state index is 12.5. The molecule has 1 saturated heterocycles. The Morgan fingerprint density at radius 2 is 1.81 bits per heavy atom. The van der Waals surface area contributed by atoms with Crippen molar-refractivity contribution >= 4 is 18.0 Å². The molecule has 26 heavy (non-hydrogen) atoms. The molecular weight excluding hydrogens is 330 g/mol. The molecule has 0 aromatic heterocycles. The van der Waals surface area contributed by atoms with E-state index >= 15 is 0 Å². The molecule has 5 nitrogen and oxygen atoms in total. The summed E-state index contributed by atoms with van der Waals surface area (Å²) < 4.78 is 10.6. The van der Waals surface area contributed by atoms with Gasteiger partial charge in [-0.3, -0.25) is 4.79 Å². The number of methoxy groups -OCH3 is 1. The third-order valence-electron chi connectivity index (χ3n) is 5.00. The molecule has 0 bridgehead atoms. The minimum atomic E-state index is -0.348. The van der Waals surface area contributed by atoms with Gasteiger partial charge in [0.2, 0.25) is 5.91 Å². The van der Waals surface area contributed by atoms with Crippen molar-refractivity contribution in [1.29, 1.82) is 0 Å². The van der Waals surface area contributed by atoms with E-state index in [1.807, 2.05) is 49.9 Å². The molecule has 1 heterocycles. The number of hydrogen-bond donors (Lipinski definition) is 0. The maximum Gasteiger partial charge on any atom is 0.331 e. The van der Waals surface area contributed by atoms with Crippen LogP contribution in [0.5, 0.6) is 5.75 Å². The molecule has 1 aromatic carbocycles. The highest BCUT2D eigenvalue weighted by Crippen LogP contribution is 2.25. The van der Waals surface area contributed by atoms with Gasteiger partial charge in [-0.25, -0.2) is 4.79 Å². The molecule has 1 aromatic rings. The van der Waals surface area contributed by atoms with Crippen LogP contribution in [0.25, 0.3) is 6.08 Å². The quantitative estimate of drug-likeness (QED) is 0.574. The van der Waals surface area contributed by atoms with Gasteiger partial charge in [0.05, 0.1) is 7.11 Å². The summed E-state index contributed by atoms with van der Waals surface area (Å²) in [7, 11) is 1.62. The van der Waals surface area contributed by atoms with Crippen LogP contribution >= 0.6 is 0 Å². The van der Waals surface area contributed by atoms with Crippen LogP contribution in [-0.2, 0) is 14.3 Å². The number of benzene rings is 1. The number of piperidine rings is 1. The van der Waals surface area contributed by atoms with E-state index in [1.54, 1.807) is 13.2 Å². The first kappa shape index (κ1) is 20.0. The smallest absolute Gasteiger partial charge is 0.331 e. The van der Waals surface area contributed by atoms with Gasteiger partial charge in [-0.1, -0.05) is 32.9 Å². The summed E-state index contributed by atoms with van der Waals surface area (Å²) in [4.78, 5) is 26.4. The number of carbonyl (C=O) groups excluding carboxylic acids is 2. The Morgan fingerprint density at radius 3 is 2.35 bits per heavy atom. The number of nitrogens with zero attached hydrogens (tertiary/aromatic N) is 1. The van der Waals surface area contributed by atoms with Gasteiger partial charge < -0.3 is 14.4 Å². The molecule has 5 heteroatoms. The van der Waals surface area contributed by atoms with Crippen molar-refractivity contribution in [3.05, 3.63) is 35.9 Å². The third-order valence-corrected chi connectivity index (χ3v) is 5.00. The molecule has 0 atom stereocenters. The van der Waals surface area contributed by atoms with Gasteiger partial charge in [0.1, 0.15) is 11.9 Å². The van der Waals surface area contributed by atoms with E-state index in [1.165, 1.54) is 6.08 Å². The summed E-state index contributed by atoms with van der Waals surface area (Å²) >= 11 is 0. The number of carbonyl (C=O) groups is 2. The minimum Gasteiger partial charge on any atom is -0.497 e. The van der Waals surface area contributed by atoms with Crippen LogP contribution in [0.2, 0.25) is 0 Å². The molecule has 2 rings (SSSR count). The number of hydrogen-bond acceptors (Lipinski definition) is 4. The molecule has 142 valence electrons. The second-order valence-electron chi connectivity index (χ2n) is 7.27. The Labute approximate surface area is 156 Å². The predicted octanol–water partition coefficient (Wildman–Crippen LogP) is 3.68. The van der Waals surface area contributed by atoms with Gasteiger partial charge >= 0.3 is 5.97 Å². The van der Waals surface area contributed by atoms with Crippen molar-refractivity contribution in [2.75, 3.05) is 20.2 Å². The Bertz CT molecular complexity index is 640. The van der Waals surface area contributed by atoms with Gasteiger partial charge in [0.15, 0.2) is 0 Å². The lowest BCUT2D eigenvalue weighted by molar-refractivity contribution is -0.149. The third kappa shape index (κ3) is 5.35. The van der Waals surface area contributed by atoms with Crippen molar-refractivity contribution in [2.24, 2.45) is 5.41 Å². The highest BCUT2D eigenvalue weighted by Gasteiger charge is 2.33. The van der Waals surface area contributed by atoms with Crippen LogP contribution in [0.15, 0.2) is 30.3 Å². The zero-order valence-electron chi connectivity index (χ0n) is 16.2.